The van der Waals surface area contributed by atoms with Gasteiger partial charge in [0.05, 0.1) is 11.5 Å². The van der Waals surface area contributed by atoms with Crippen molar-refractivity contribution in [3.8, 4) is 0 Å². The van der Waals surface area contributed by atoms with Gasteiger partial charge in [0.2, 0.25) is 0 Å². The van der Waals surface area contributed by atoms with E-state index in [1.54, 1.807) is 13.8 Å². The van der Waals surface area contributed by atoms with E-state index in [1.807, 2.05) is 0 Å². The quantitative estimate of drug-likeness (QED) is 0.712. The minimum absolute atomic E-state index is 0.0406. The first-order chi connectivity index (χ1) is 13.5. The van der Waals surface area contributed by atoms with Gasteiger partial charge in [-0.05, 0) is 76.9 Å². The number of halogens is 3. The standard InChI is InChI=1S/C13H21NO2S.C7H9F3N2/c15-17(16)8-13(9-17)1-3-14(4-2-13)12-6-10-5-11(10)7-12;1-5(2)12-4-3-6(11-12)7(8,9)10/h10-12H,1-9H2;3-5H,1-2H3/t10-,11+,12?;. The smallest absolute Gasteiger partial charge is 0.300 e. The van der Waals surface area contributed by atoms with Crippen LogP contribution in [0.5, 0.6) is 0 Å². The molecule has 164 valence electrons. The molecule has 0 amide bonds. The summed E-state index contributed by atoms with van der Waals surface area (Å²) in [7, 11) is -2.65. The second-order valence-electron chi connectivity index (χ2n) is 9.72. The molecule has 0 radical (unpaired) electrons. The molecule has 2 aliphatic carbocycles. The van der Waals surface area contributed by atoms with E-state index < -0.39 is 21.7 Å². The van der Waals surface area contributed by atoms with E-state index in [-0.39, 0.29) is 11.5 Å². The van der Waals surface area contributed by atoms with Gasteiger partial charge in [0.1, 0.15) is 0 Å². The molecule has 3 atom stereocenters. The number of hydrogen-bond acceptors (Lipinski definition) is 4. The number of rotatable bonds is 2. The highest BCUT2D eigenvalue weighted by Gasteiger charge is 2.52. The molecule has 5 rings (SSSR count). The van der Waals surface area contributed by atoms with Crippen LogP contribution in [0.2, 0.25) is 0 Å². The van der Waals surface area contributed by atoms with E-state index in [9.17, 15) is 21.6 Å². The summed E-state index contributed by atoms with van der Waals surface area (Å²) in [5.41, 5.74) is -0.646. The van der Waals surface area contributed by atoms with Crippen LogP contribution in [-0.4, -0.2) is 53.7 Å². The van der Waals surface area contributed by atoms with Crippen LogP contribution < -0.4 is 0 Å². The van der Waals surface area contributed by atoms with Gasteiger partial charge in [-0.25, -0.2) is 8.42 Å². The third-order valence-electron chi connectivity index (χ3n) is 7.07. The summed E-state index contributed by atoms with van der Waals surface area (Å²) in [6, 6.07) is 1.77. The van der Waals surface area contributed by atoms with Gasteiger partial charge in [0, 0.05) is 23.7 Å². The lowest BCUT2D eigenvalue weighted by Gasteiger charge is -2.48. The maximum Gasteiger partial charge on any atom is 0.435 e. The van der Waals surface area contributed by atoms with Gasteiger partial charge >= 0.3 is 6.18 Å². The molecule has 1 spiro atoms. The zero-order chi connectivity index (χ0) is 21.0. The number of hydrogen-bond donors (Lipinski definition) is 0. The average molecular weight is 434 g/mol. The second-order valence-corrected chi connectivity index (χ2v) is 11.8. The van der Waals surface area contributed by atoms with Crippen molar-refractivity contribution >= 4 is 9.84 Å². The molecule has 2 saturated carbocycles. The van der Waals surface area contributed by atoms with Crippen LogP contribution >= 0.6 is 0 Å². The zero-order valence-electron chi connectivity index (χ0n) is 17.0. The SMILES string of the molecule is CC(C)n1ccc(C(F)(F)F)n1.O=S1(=O)CC2(CCN(C3C[C@@H]4C[C@@H]4C3)CC2)C1. The largest absolute Gasteiger partial charge is 0.435 e. The van der Waals surface area contributed by atoms with Gasteiger partial charge in [0.15, 0.2) is 15.5 Å². The molecule has 1 aromatic heterocycles. The van der Waals surface area contributed by atoms with E-state index in [0.717, 1.165) is 49.9 Å². The Morgan fingerprint density at radius 3 is 2.10 bits per heavy atom. The molecular formula is C20H30F3N3O2S. The van der Waals surface area contributed by atoms with E-state index in [4.69, 9.17) is 0 Å². The van der Waals surface area contributed by atoms with Gasteiger partial charge in [-0.15, -0.1) is 0 Å². The average Bonchev–Trinajstić information content (AvgIpc) is 3.01. The van der Waals surface area contributed by atoms with Crippen LogP contribution in [0, 0.1) is 17.3 Å². The summed E-state index contributed by atoms with van der Waals surface area (Å²) < 4.78 is 59.9. The Kier molecular flexibility index (Phi) is 5.29. The lowest BCUT2D eigenvalue weighted by Crippen LogP contribution is -2.55. The van der Waals surface area contributed by atoms with Crippen LogP contribution in [0.4, 0.5) is 13.2 Å². The molecule has 1 aromatic rings. The zero-order valence-corrected chi connectivity index (χ0v) is 17.8. The van der Waals surface area contributed by atoms with Crippen molar-refractivity contribution in [1.82, 2.24) is 14.7 Å². The molecule has 2 saturated heterocycles. The first-order valence-electron chi connectivity index (χ1n) is 10.5. The van der Waals surface area contributed by atoms with E-state index in [0.29, 0.717) is 11.5 Å². The Labute approximate surface area is 170 Å². The molecule has 4 fully saturated rings. The predicted molar refractivity (Wildman–Crippen MR) is 104 cm³/mol. The third kappa shape index (κ3) is 4.65. The first kappa shape index (κ1) is 21.2. The molecule has 29 heavy (non-hydrogen) atoms. The number of nitrogens with zero attached hydrogens (tertiary/aromatic N) is 3. The summed E-state index contributed by atoms with van der Waals surface area (Å²) in [5, 5.41) is 3.37. The highest BCUT2D eigenvalue weighted by atomic mass is 32.2. The van der Waals surface area contributed by atoms with Crippen molar-refractivity contribution in [3.63, 3.8) is 0 Å². The molecular weight excluding hydrogens is 403 g/mol. The van der Waals surface area contributed by atoms with Crippen molar-refractivity contribution in [2.45, 2.75) is 64.2 Å². The number of sulfone groups is 1. The van der Waals surface area contributed by atoms with Gasteiger partial charge in [-0.1, -0.05) is 0 Å². The van der Waals surface area contributed by atoms with Crippen LogP contribution in [0.15, 0.2) is 12.3 Å². The lowest BCUT2D eigenvalue weighted by molar-refractivity contribution is -0.141. The maximum atomic E-state index is 12.0. The van der Waals surface area contributed by atoms with Crippen LogP contribution in [0.3, 0.4) is 0 Å². The lowest BCUT2D eigenvalue weighted by atomic mass is 9.80. The number of alkyl halides is 3. The predicted octanol–water partition coefficient (Wildman–Crippen LogP) is 3.78. The maximum absolute atomic E-state index is 12.0. The summed E-state index contributed by atoms with van der Waals surface area (Å²) in [6.45, 7) is 5.85. The van der Waals surface area contributed by atoms with Crippen molar-refractivity contribution < 1.29 is 21.6 Å². The molecule has 0 aromatic carbocycles. The van der Waals surface area contributed by atoms with E-state index in [1.165, 1.54) is 30.1 Å². The number of fused-ring (bicyclic) bond motifs is 1. The van der Waals surface area contributed by atoms with Gasteiger partial charge < -0.3 is 4.90 Å². The van der Waals surface area contributed by atoms with Crippen LogP contribution in [-0.2, 0) is 16.0 Å². The molecule has 9 heteroatoms. The topological polar surface area (TPSA) is 55.2 Å². The van der Waals surface area contributed by atoms with Crippen molar-refractivity contribution in [3.05, 3.63) is 18.0 Å². The number of likely N-dealkylation sites (tertiary alicyclic amines) is 1. The minimum atomic E-state index is -4.33. The van der Waals surface area contributed by atoms with Crippen molar-refractivity contribution in [1.29, 1.82) is 0 Å². The van der Waals surface area contributed by atoms with Gasteiger partial charge in [-0.3, -0.25) is 4.68 Å². The number of piperidine rings is 1. The van der Waals surface area contributed by atoms with Crippen LogP contribution in [0.1, 0.15) is 57.7 Å². The molecule has 3 heterocycles. The highest BCUT2D eigenvalue weighted by Crippen LogP contribution is 2.54. The molecule has 0 bridgehead atoms. The van der Waals surface area contributed by atoms with Gasteiger partial charge in [0.25, 0.3) is 0 Å². The summed E-state index contributed by atoms with van der Waals surface area (Å²) in [5.74, 6) is 3.06. The Morgan fingerprint density at radius 2 is 1.69 bits per heavy atom. The fourth-order valence-corrected chi connectivity index (χ4v) is 7.66. The van der Waals surface area contributed by atoms with Crippen LogP contribution in [0.25, 0.3) is 0 Å². The summed E-state index contributed by atoms with van der Waals surface area (Å²) in [4.78, 5) is 2.66. The normalized spacial score (nSPS) is 32.4. The fourth-order valence-electron chi connectivity index (χ4n) is 5.30. The van der Waals surface area contributed by atoms with E-state index >= 15 is 0 Å². The van der Waals surface area contributed by atoms with Crippen molar-refractivity contribution in [2.24, 2.45) is 17.3 Å². The first-order valence-corrected chi connectivity index (χ1v) is 12.4. The minimum Gasteiger partial charge on any atom is -0.300 e. The van der Waals surface area contributed by atoms with E-state index in [2.05, 4.69) is 10.00 Å². The molecule has 0 N–H and O–H groups in total. The van der Waals surface area contributed by atoms with Gasteiger partial charge in [-0.2, -0.15) is 18.3 Å². The third-order valence-corrected chi connectivity index (χ3v) is 9.18. The molecule has 5 nitrogen and oxygen atoms in total. The highest BCUT2D eigenvalue weighted by molar-refractivity contribution is 7.92. The summed E-state index contributed by atoms with van der Waals surface area (Å²) in [6.07, 6.45) is 3.59. The molecule has 1 unspecified atom stereocenters. The van der Waals surface area contributed by atoms with Crippen molar-refractivity contribution in [2.75, 3.05) is 24.6 Å². The fraction of sp³-hybridized carbons (Fsp3) is 0.850. The molecule has 2 aliphatic heterocycles. The summed E-state index contributed by atoms with van der Waals surface area (Å²) >= 11 is 0. The Bertz CT molecular complexity index is 817. The molecule has 4 aliphatic rings. The Morgan fingerprint density at radius 1 is 1.10 bits per heavy atom. The number of aromatic nitrogens is 2. The Hall–Kier alpha value is -1.09. The monoisotopic (exact) mass is 433 g/mol. The second kappa shape index (κ2) is 7.25. The Balaban J connectivity index is 0.000000152.